The predicted octanol–water partition coefficient (Wildman–Crippen LogP) is 4.22. The fraction of sp³-hybridized carbons (Fsp3) is 0.176. The van der Waals surface area contributed by atoms with E-state index in [0.29, 0.717) is 5.56 Å². The highest BCUT2D eigenvalue weighted by Gasteiger charge is 2.01. The fourth-order valence-electron chi connectivity index (χ4n) is 1.83. The lowest BCUT2D eigenvalue weighted by atomic mass is 10.1. The molecule has 0 aliphatic rings. The minimum Gasteiger partial charge on any atom is -0.320 e. The lowest BCUT2D eigenvalue weighted by Gasteiger charge is -2.04. The molecule has 0 aliphatic carbocycles. The zero-order valence-electron chi connectivity index (χ0n) is 11.4. The molecular formula is C17H15ClFNS. The Hall–Kier alpha value is -1.47. The van der Waals surface area contributed by atoms with Crippen molar-refractivity contribution in [1.82, 2.24) is 0 Å². The molecule has 0 aromatic heterocycles. The first-order chi connectivity index (χ1) is 10.2. The zero-order valence-corrected chi connectivity index (χ0v) is 13.0. The summed E-state index contributed by atoms with van der Waals surface area (Å²) in [6, 6.07) is 12.6. The van der Waals surface area contributed by atoms with E-state index in [9.17, 15) is 4.39 Å². The second-order valence-electron chi connectivity index (χ2n) is 4.47. The van der Waals surface area contributed by atoms with E-state index < -0.39 is 0 Å². The molecule has 0 atom stereocenters. The molecule has 0 radical (unpaired) electrons. The minimum absolute atomic E-state index is 0.263. The number of rotatable bonds is 4. The summed E-state index contributed by atoms with van der Waals surface area (Å²) in [5, 5.41) is 0.733. The molecule has 0 heterocycles. The van der Waals surface area contributed by atoms with Crippen LogP contribution in [0.5, 0.6) is 0 Å². The molecule has 2 aromatic carbocycles. The van der Waals surface area contributed by atoms with E-state index in [2.05, 4.69) is 11.8 Å². The van der Waals surface area contributed by atoms with Gasteiger partial charge in [0.1, 0.15) is 5.82 Å². The highest BCUT2D eigenvalue weighted by atomic mass is 35.5. The topological polar surface area (TPSA) is 26.0 Å². The minimum atomic E-state index is -0.263. The van der Waals surface area contributed by atoms with Gasteiger partial charge in [-0.1, -0.05) is 35.6 Å². The van der Waals surface area contributed by atoms with E-state index in [4.69, 9.17) is 17.3 Å². The van der Waals surface area contributed by atoms with Crippen molar-refractivity contribution in [3.63, 3.8) is 0 Å². The van der Waals surface area contributed by atoms with Crippen molar-refractivity contribution in [1.29, 1.82) is 0 Å². The van der Waals surface area contributed by atoms with Gasteiger partial charge in [-0.15, -0.1) is 0 Å². The third-order valence-corrected chi connectivity index (χ3v) is 4.07. The molecule has 2 N–H and O–H groups in total. The summed E-state index contributed by atoms with van der Waals surface area (Å²) in [6.07, 6.45) is 0. The smallest absolute Gasteiger partial charge is 0.124 e. The van der Waals surface area contributed by atoms with E-state index in [0.717, 1.165) is 22.1 Å². The van der Waals surface area contributed by atoms with Crippen molar-refractivity contribution in [2.75, 3.05) is 6.54 Å². The average molecular weight is 320 g/mol. The lowest BCUT2D eigenvalue weighted by molar-refractivity contribution is 0.626. The van der Waals surface area contributed by atoms with Crippen molar-refractivity contribution < 1.29 is 4.39 Å². The van der Waals surface area contributed by atoms with Crippen LogP contribution in [0, 0.1) is 17.7 Å². The van der Waals surface area contributed by atoms with Gasteiger partial charge >= 0.3 is 0 Å². The van der Waals surface area contributed by atoms with Gasteiger partial charge in [-0.25, -0.2) is 4.39 Å². The summed E-state index contributed by atoms with van der Waals surface area (Å²) >= 11 is 7.57. The van der Waals surface area contributed by atoms with Gasteiger partial charge in [-0.05, 0) is 41.5 Å². The molecule has 2 rings (SSSR count). The van der Waals surface area contributed by atoms with Crippen molar-refractivity contribution >= 4 is 23.4 Å². The van der Waals surface area contributed by atoms with Crippen molar-refractivity contribution in [2.24, 2.45) is 5.73 Å². The van der Waals surface area contributed by atoms with E-state index >= 15 is 0 Å². The SMILES string of the molecule is NCC#Cc1cc(F)cc(CSCc2ccc(Cl)cc2)c1. The summed E-state index contributed by atoms with van der Waals surface area (Å²) in [5.41, 5.74) is 8.12. The Balaban J connectivity index is 1.96. The van der Waals surface area contributed by atoms with Crippen LogP contribution in [0.3, 0.4) is 0 Å². The number of benzene rings is 2. The summed E-state index contributed by atoms with van der Waals surface area (Å²) in [5.74, 6) is 6.93. The Labute approximate surface area is 133 Å². The Morgan fingerprint density at radius 3 is 2.48 bits per heavy atom. The Morgan fingerprint density at radius 1 is 1.05 bits per heavy atom. The van der Waals surface area contributed by atoms with E-state index in [1.807, 2.05) is 30.3 Å². The second kappa shape index (κ2) is 8.09. The first-order valence-electron chi connectivity index (χ1n) is 6.48. The monoisotopic (exact) mass is 319 g/mol. The van der Waals surface area contributed by atoms with E-state index in [1.165, 1.54) is 11.6 Å². The first-order valence-corrected chi connectivity index (χ1v) is 8.01. The largest absolute Gasteiger partial charge is 0.320 e. The van der Waals surface area contributed by atoms with Crippen LogP contribution in [0.1, 0.15) is 16.7 Å². The molecule has 0 saturated heterocycles. The van der Waals surface area contributed by atoms with Crippen LogP contribution < -0.4 is 5.73 Å². The van der Waals surface area contributed by atoms with Crippen LogP contribution in [0.15, 0.2) is 42.5 Å². The maximum absolute atomic E-state index is 13.5. The number of nitrogens with two attached hydrogens (primary N) is 1. The summed E-state index contributed by atoms with van der Waals surface area (Å²) in [7, 11) is 0. The molecule has 2 aromatic rings. The molecule has 0 fully saturated rings. The van der Waals surface area contributed by atoms with Gasteiger partial charge in [-0.2, -0.15) is 11.8 Å². The van der Waals surface area contributed by atoms with Crippen LogP contribution in [0.25, 0.3) is 0 Å². The van der Waals surface area contributed by atoms with Crippen LogP contribution in [-0.4, -0.2) is 6.54 Å². The van der Waals surface area contributed by atoms with Gasteiger partial charge in [0.25, 0.3) is 0 Å². The molecule has 0 spiro atoms. The quantitative estimate of drug-likeness (QED) is 0.854. The zero-order chi connectivity index (χ0) is 15.1. The highest BCUT2D eigenvalue weighted by Crippen LogP contribution is 2.20. The average Bonchev–Trinajstić information content (AvgIpc) is 2.47. The highest BCUT2D eigenvalue weighted by molar-refractivity contribution is 7.97. The third kappa shape index (κ3) is 5.43. The molecule has 0 amide bonds. The van der Waals surface area contributed by atoms with Gasteiger partial charge in [-0.3, -0.25) is 0 Å². The molecule has 1 nitrogen and oxygen atoms in total. The van der Waals surface area contributed by atoms with Crippen molar-refractivity contribution in [3.05, 3.63) is 70.0 Å². The summed E-state index contributed by atoms with van der Waals surface area (Å²) < 4.78 is 13.5. The second-order valence-corrected chi connectivity index (χ2v) is 5.90. The molecule has 108 valence electrons. The number of thioether (sulfide) groups is 1. The predicted molar refractivity (Wildman–Crippen MR) is 88.8 cm³/mol. The fourth-order valence-corrected chi connectivity index (χ4v) is 2.88. The number of hydrogen-bond acceptors (Lipinski definition) is 2. The normalized spacial score (nSPS) is 10.0. The van der Waals surface area contributed by atoms with E-state index in [-0.39, 0.29) is 12.4 Å². The van der Waals surface area contributed by atoms with Crippen LogP contribution >= 0.6 is 23.4 Å². The van der Waals surface area contributed by atoms with E-state index in [1.54, 1.807) is 17.8 Å². The molecule has 21 heavy (non-hydrogen) atoms. The number of hydrogen-bond donors (Lipinski definition) is 1. The summed E-state index contributed by atoms with van der Waals surface area (Å²) in [6.45, 7) is 0.275. The molecule has 4 heteroatoms. The molecule has 0 bridgehead atoms. The van der Waals surface area contributed by atoms with Gasteiger partial charge in [0.2, 0.25) is 0 Å². The van der Waals surface area contributed by atoms with Gasteiger partial charge in [0.05, 0.1) is 6.54 Å². The van der Waals surface area contributed by atoms with Crippen LogP contribution in [0.4, 0.5) is 4.39 Å². The van der Waals surface area contributed by atoms with Crippen molar-refractivity contribution in [2.45, 2.75) is 11.5 Å². The van der Waals surface area contributed by atoms with Gasteiger partial charge in [0.15, 0.2) is 0 Å². The maximum Gasteiger partial charge on any atom is 0.124 e. The first kappa shape index (κ1) is 15.9. The summed E-state index contributed by atoms with van der Waals surface area (Å²) in [4.78, 5) is 0. The molecule has 0 aliphatic heterocycles. The Morgan fingerprint density at radius 2 is 1.76 bits per heavy atom. The van der Waals surface area contributed by atoms with Gasteiger partial charge in [0, 0.05) is 22.1 Å². The third-order valence-electron chi connectivity index (χ3n) is 2.74. The Bertz CT molecular complexity index is 659. The number of halogens is 2. The van der Waals surface area contributed by atoms with Gasteiger partial charge < -0.3 is 5.73 Å². The Kier molecular flexibility index (Phi) is 6.13. The molecular weight excluding hydrogens is 305 g/mol. The van der Waals surface area contributed by atoms with Crippen LogP contribution in [0.2, 0.25) is 5.02 Å². The maximum atomic E-state index is 13.5. The standard InChI is InChI=1S/C17H15ClFNS/c18-16-5-3-13(4-6-16)11-21-12-15-8-14(2-1-7-20)9-17(19)10-15/h3-6,8-10H,7,11-12,20H2. The molecule has 0 unspecified atom stereocenters. The van der Waals surface area contributed by atoms with Crippen molar-refractivity contribution in [3.8, 4) is 11.8 Å². The van der Waals surface area contributed by atoms with Crippen LogP contribution in [-0.2, 0) is 11.5 Å². The lowest BCUT2D eigenvalue weighted by Crippen LogP contribution is -1.93. The molecule has 0 saturated carbocycles.